The number of allylic oxidation sites excluding steroid dienone is 11. The second-order valence-electron chi connectivity index (χ2n) is 17.4. The number of phosphoric ester groups is 1. The van der Waals surface area contributed by atoms with Gasteiger partial charge in [-0.15, -0.1) is 0 Å². The summed E-state index contributed by atoms with van der Waals surface area (Å²) < 4.78 is 34.1. The molecule has 0 spiro atoms. The first-order chi connectivity index (χ1) is 30.3. The predicted molar refractivity (Wildman–Crippen MR) is 259 cm³/mol. The molecular weight excluding hydrogens is 818 g/mol. The Labute approximate surface area is 384 Å². The number of phosphoric acid groups is 1. The van der Waals surface area contributed by atoms with Crippen molar-refractivity contribution in [2.24, 2.45) is 0 Å². The Balaban J connectivity index is 4.56. The van der Waals surface area contributed by atoms with Crippen LogP contribution in [-0.2, 0) is 32.7 Å². The summed E-state index contributed by atoms with van der Waals surface area (Å²) in [6.07, 6.45) is 45.4. The summed E-state index contributed by atoms with van der Waals surface area (Å²) in [6.45, 7) is 4.01. The SMILES string of the molecule is CCCCC/C=C\C/C=C\C/C=C\CC(O)C(O)CCCC(=O)O[C@H](COC(=O)CCCCCCCC/C=C\C/C=C\C/C=C\CCCCCC)COP(=O)(O)OCC[N+](C)(C)C. The van der Waals surface area contributed by atoms with Crippen molar-refractivity contribution >= 4 is 19.8 Å². The largest absolute Gasteiger partial charge is 0.472 e. The highest BCUT2D eigenvalue weighted by atomic mass is 31.2. The highest BCUT2D eigenvalue weighted by molar-refractivity contribution is 7.47. The van der Waals surface area contributed by atoms with Crippen molar-refractivity contribution in [3.05, 3.63) is 72.9 Å². The van der Waals surface area contributed by atoms with Gasteiger partial charge >= 0.3 is 19.8 Å². The average Bonchev–Trinajstić information content (AvgIpc) is 3.23. The van der Waals surface area contributed by atoms with E-state index in [0.29, 0.717) is 17.4 Å². The fourth-order valence-electron chi connectivity index (χ4n) is 6.18. The van der Waals surface area contributed by atoms with Crippen LogP contribution in [0.1, 0.15) is 174 Å². The van der Waals surface area contributed by atoms with Gasteiger partial charge in [-0.05, 0) is 89.9 Å². The normalized spacial score (nSPS) is 15.1. The number of aliphatic hydroxyl groups excluding tert-OH is 2. The van der Waals surface area contributed by atoms with Gasteiger partial charge in [-0.3, -0.25) is 18.6 Å². The third kappa shape index (κ3) is 44.4. The van der Waals surface area contributed by atoms with Crippen LogP contribution in [-0.4, -0.2) is 97.3 Å². The number of hydrogen-bond donors (Lipinski definition) is 3. The Morgan fingerprint density at radius 1 is 0.556 bits per heavy atom. The first-order valence-electron chi connectivity index (χ1n) is 24.3. The molecule has 63 heavy (non-hydrogen) atoms. The maximum absolute atomic E-state index is 12.8. The van der Waals surface area contributed by atoms with Crippen molar-refractivity contribution in [3.63, 3.8) is 0 Å². The van der Waals surface area contributed by atoms with E-state index in [0.717, 1.165) is 70.6 Å². The molecule has 0 aromatic rings. The second-order valence-corrected chi connectivity index (χ2v) is 18.9. The summed E-state index contributed by atoms with van der Waals surface area (Å²) in [7, 11) is 1.28. The van der Waals surface area contributed by atoms with Crippen molar-refractivity contribution in [3.8, 4) is 0 Å². The number of ether oxygens (including phenoxy) is 2. The molecule has 0 saturated carbocycles. The van der Waals surface area contributed by atoms with Crippen LogP contribution in [0.15, 0.2) is 72.9 Å². The highest BCUT2D eigenvalue weighted by Crippen LogP contribution is 2.43. The van der Waals surface area contributed by atoms with E-state index in [9.17, 15) is 29.3 Å². The minimum absolute atomic E-state index is 0.0263. The summed E-state index contributed by atoms with van der Waals surface area (Å²) in [5, 5.41) is 20.8. The van der Waals surface area contributed by atoms with E-state index in [1.54, 1.807) is 0 Å². The molecule has 3 N–H and O–H groups in total. The minimum Gasteiger partial charge on any atom is -0.462 e. The van der Waals surface area contributed by atoms with Crippen molar-refractivity contribution < 1.29 is 52.3 Å². The topological polar surface area (TPSA) is 149 Å². The van der Waals surface area contributed by atoms with Crippen molar-refractivity contribution in [2.45, 2.75) is 193 Å². The zero-order valence-corrected chi connectivity index (χ0v) is 41.2. The Bertz CT molecular complexity index is 1340. The molecule has 0 saturated heterocycles. The van der Waals surface area contributed by atoms with E-state index < -0.39 is 44.7 Å². The molecule has 0 aliphatic heterocycles. The lowest BCUT2D eigenvalue weighted by Crippen LogP contribution is -2.37. The quantitative estimate of drug-likeness (QED) is 0.0177. The summed E-state index contributed by atoms with van der Waals surface area (Å²) >= 11 is 0. The number of quaternary nitrogens is 1. The van der Waals surface area contributed by atoms with E-state index in [2.05, 4.69) is 74.6 Å². The van der Waals surface area contributed by atoms with Crippen LogP contribution < -0.4 is 0 Å². The van der Waals surface area contributed by atoms with Gasteiger partial charge in [0.05, 0.1) is 40.0 Å². The molecule has 0 aliphatic carbocycles. The van der Waals surface area contributed by atoms with Crippen LogP contribution in [0.25, 0.3) is 0 Å². The molecule has 0 rings (SSSR count). The van der Waals surface area contributed by atoms with Gasteiger partial charge in [0.2, 0.25) is 0 Å². The molecule has 0 fully saturated rings. The minimum atomic E-state index is -4.47. The smallest absolute Gasteiger partial charge is 0.462 e. The molecule has 0 aromatic carbocycles. The Morgan fingerprint density at radius 2 is 1.02 bits per heavy atom. The number of nitrogens with zero attached hydrogens (tertiary/aromatic N) is 1. The van der Waals surface area contributed by atoms with Gasteiger partial charge in [-0.2, -0.15) is 0 Å². The molecule has 0 aromatic heterocycles. The lowest BCUT2D eigenvalue weighted by molar-refractivity contribution is -0.870. The van der Waals surface area contributed by atoms with E-state index in [-0.39, 0.29) is 45.3 Å². The Morgan fingerprint density at radius 3 is 1.57 bits per heavy atom. The van der Waals surface area contributed by atoms with Crippen molar-refractivity contribution in [1.29, 1.82) is 0 Å². The van der Waals surface area contributed by atoms with Crippen LogP contribution >= 0.6 is 7.82 Å². The fourth-order valence-corrected chi connectivity index (χ4v) is 6.92. The van der Waals surface area contributed by atoms with Gasteiger partial charge in [0.15, 0.2) is 6.10 Å². The Hall–Kier alpha value is -2.63. The maximum atomic E-state index is 12.8. The lowest BCUT2D eigenvalue weighted by Gasteiger charge is -2.24. The molecule has 12 heteroatoms. The van der Waals surface area contributed by atoms with Crippen LogP contribution in [0.4, 0.5) is 0 Å². The number of carbonyl (C=O) groups is 2. The van der Waals surface area contributed by atoms with Gasteiger partial charge in [-0.25, -0.2) is 4.57 Å². The van der Waals surface area contributed by atoms with Gasteiger partial charge in [-0.1, -0.05) is 145 Å². The number of likely N-dealkylation sites (N-methyl/N-ethyl adjacent to an activating group) is 1. The van der Waals surface area contributed by atoms with Crippen molar-refractivity contribution in [1.82, 2.24) is 0 Å². The van der Waals surface area contributed by atoms with Gasteiger partial charge in [0, 0.05) is 12.8 Å². The molecule has 0 heterocycles. The van der Waals surface area contributed by atoms with Gasteiger partial charge < -0.3 is 29.1 Å². The fraction of sp³-hybridized carbons (Fsp3) is 0.725. The molecule has 0 aliphatic rings. The van der Waals surface area contributed by atoms with E-state index in [1.165, 1.54) is 51.4 Å². The van der Waals surface area contributed by atoms with Crippen molar-refractivity contribution in [2.75, 3.05) is 47.5 Å². The first kappa shape index (κ1) is 60.4. The number of unbranched alkanes of at least 4 members (excludes halogenated alkanes) is 13. The van der Waals surface area contributed by atoms with Crippen LogP contribution in [0.2, 0.25) is 0 Å². The summed E-state index contributed by atoms with van der Waals surface area (Å²) in [4.78, 5) is 35.5. The highest BCUT2D eigenvalue weighted by Gasteiger charge is 2.27. The van der Waals surface area contributed by atoms with E-state index >= 15 is 0 Å². The average molecular weight is 909 g/mol. The lowest BCUT2D eigenvalue weighted by atomic mass is 10.0. The molecule has 3 unspecified atom stereocenters. The molecule has 4 atom stereocenters. The van der Waals surface area contributed by atoms with E-state index in [1.807, 2.05) is 33.3 Å². The number of esters is 2. The summed E-state index contributed by atoms with van der Waals surface area (Å²) in [6, 6.07) is 0. The molecule has 0 amide bonds. The van der Waals surface area contributed by atoms with E-state index in [4.69, 9.17) is 18.5 Å². The molecule has 11 nitrogen and oxygen atoms in total. The molecular formula is C51H91NO10P+. The van der Waals surface area contributed by atoms with Gasteiger partial charge in [0.1, 0.15) is 19.8 Å². The zero-order valence-electron chi connectivity index (χ0n) is 40.3. The summed E-state index contributed by atoms with van der Waals surface area (Å²) in [5.41, 5.74) is 0. The summed E-state index contributed by atoms with van der Waals surface area (Å²) in [5.74, 6) is -1.10. The Kier molecular flexibility index (Phi) is 40.3. The molecule has 0 bridgehead atoms. The maximum Gasteiger partial charge on any atom is 0.472 e. The standard InChI is InChI=1S/C51H90NO10P/c1-6-8-10-12-14-16-18-20-21-22-23-24-25-26-27-29-31-33-35-37-41-50(55)59-45-47(46-61-63(57,58)60-44-43-52(3,4)5)62-51(56)42-38-40-49(54)48(53)39-36-34-32-30-28-19-17-15-13-11-9-7-2/h15-18,21-22,24-25,28,30,34,36,47-49,53-54H,6-14,19-20,23,26-27,29,31-33,35,37-46H2,1-5H3/p+1/b17-15-,18-16-,22-21-,25-24-,30-28-,36-34-/t47-,48?,49?/m1/s1. The molecule has 364 valence electrons. The van der Waals surface area contributed by atoms with Gasteiger partial charge in [0.25, 0.3) is 0 Å². The number of hydrogen-bond acceptors (Lipinski definition) is 9. The zero-order chi connectivity index (χ0) is 46.7. The van der Waals surface area contributed by atoms with Crippen LogP contribution in [0, 0.1) is 0 Å². The third-order valence-corrected chi connectivity index (χ3v) is 11.1. The molecule has 0 radical (unpaired) electrons. The number of carbonyl (C=O) groups excluding carboxylic acids is 2. The third-order valence-electron chi connectivity index (χ3n) is 10.2. The number of aliphatic hydroxyl groups is 2. The number of rotatable bonds is 43. The monoisotopic (exact) mass is 909 g/mol. The van der Waals surface area contributed by atoms with Crippen LogP contribution in [0.3, 0.4) is 0 Å². The second kappa shape index (κ2) is 42.0. The van der Waals surface area contributed by atoms with Crippen LogP contribution in [0.5, 0.6) is 0 Å². The first-order valence-corrected chi connectivity index (χ1v) is 25.8. The predicted octanol–water partition coefficient (Wildman–Crippen LogP) is 12.1.